The quantitative estimate of drug-likeness (QED) is 0.356. The summed E-state index contributed by atoms with van der Waals surface area (Å²) in [5.41, 5.74) is 1.58. The highest BCUT2D eigenvalue weighted by Gasteiger charge is 2.22. The molecule has 148 valence electrons. The molecule has 4 aromatic carbocycles. The second-order valence-electron chi connectivity index (χ2n) is 7.24. The molecule has 0 spiro atoms. The average Bonchev–Trinajstić information content (AvgIpc) is 3.13. The van der Waals surface area contributed by atoms with E-state index in [0.717, 1.165) is 21.7 Å². The van der Waals surface area contributed by atoms with Crippen LogP contribution < -0.4 is 4.74 Å². The molecule has 0 aliphatic heterocycles. The zero-order chi connectivity index (χ0) is 20.7. The number of rotatable bonds is 4. The molecule has 5 heteroatoms. The lowest BCUT2D eigenvalue weighted by Gasteiger charge is -2.07. The molecular formula is C25H19NO3S. The van der Waals surface area contributed by atoms with Crippen LogP contribution in [0.15, 0.2) is 102 Å². The predicted octanol–water partition coefficient (Wildman–Crippen LogP) is 6.13. The Hall–Kier alpha value is -3.57. The predicted molar refractivity (Wildman–Crippen MR) is 120 cm³/mol. The zero-order valence-corrected chi connectivity index (χ0v) is 17.1. The van der Waals surface area contributed by atoms with Gasteiger partial charge in [-0.3, -0.25) is 0 Å². The van der Waals surface area contributed by atoms with Crippen molar-refractivity contribution in [2.75, 3.05) is 0 Å². The molecule has 0 fully saturated rings. The number of ether oxygens (including phenoxy) is 1. The molecule has 5 aromatic rings. The van der Waals surface area contributed by atoms with Crippen LogP contribution in [0.25, 0.3) is 21.7 Å². The van der Waals surface area contributed by atoms with Gasteiger partial charge in [0.25, 0.3) is 10.0 Å². The number of benzene rings is 4. The largest absolute Gasteiger partial charge is 0.455 e. The van der Waals surface area contributed by atoms with Crippen LogP contribution in [0.2, 0.25) is 0 Å². The lowest BCUT2D eigenvalue weighted by Crippen LogP contribution is -2.11. The Morgan fingerprint density at radius 3 is 2.27 bits per heavy atom. The third kappa shape index (κ3) is 3.13. The molecule has 4 nitrogen and oxygen atoms in total. The molecule has 30 heavy (non-hydrogen) atoms. The molecule has 0 aliphatic carbocycles. The van der Waals surface area contributed by atoms with Crippen LogP contribution in [-0.2, 0) is 10.0 Å². The Balaban J connectivity index is 1.62. The van der Waals surface area contributed by atoms with Gasteiger partial charge in [-0.1, -0.05) is 60.2 Å². The minimum absolute atomic E-state index is 0.242. The van der Waals surface area contributed by atoms with E-state index in [-0.39, 0.29) is 4.90 Å². The van der Waals surface area contributed by atoms with Gasteiger partial charge in [-0.25, -0.2) is 12.4 Å². The lowest BCUT2D eigenvalue weighted by molar-refractivity contribution is 0.488. The number of fused-ring (bicyclic) bond motifs is 2. The highest BCUT2D eigenvalue weighted by Crippen LogP contribution is 2.35. The standard InChI is InChI=1S/C25H19NO3S/c1-18-10-14-22(15-11-18)30(27,28)26-17-25(23-8-4-5-9-24(23)26)29-21-13-12-19-6-2-3-7-20(19)16-21/h2-17H,1H3. The first-order valence-corrected chi connectivity index (χ1v) is 11.1. The third-order valence-electron chi connectivity index (χ3n) is 5.17. The minimum Gasteiger partial charge on any atom is -0.455 e. The monoisotopic (exact) mass is 413 g/mol. The molecule has 0 saturated heterocycles. The summed E-state index contributed by atoms with van der Waals surface area (Å²) < 4.78 is 34.1. The summed E-state index contributed by atoms with van der Waals surface area (Å²) in [5.74, 6) is 1.15. The van der Waals surface area contributed by atoms with Crippen molar-refractivity contribution in [3.63, 3.8) is 0 Å². The summed E-state index contributed by atoms with van der Waals surface area (Å²) in [6.45, 7) is 1.93. The number of aromatic nitrogens is 1. The van der Waals surface area contributed by atoms with Crippen molar-refractivity contribution in [3.05, 3.63) is 103 Å². The van der Waals surface area contributed by atoms with Gasteiger partial charge in [-0.2, -0.15) is 0 Å². The van der Waals surface area contributed by atoms with Crippen LogP contribution in [0.4, 0.5) is 0 Å². The van der Waals surface area contributed by atoms with Gasteiger partial charge in [0.2, 0.25) is 0 Å². The Morgan fingerprint density at radius 1 is 0.767 bits per heavy atom. The first-order chi connectivity index (χ1) is 14.5. The second-order valence-corrected chi connectivity index (χ2v) is 9.05. The fourth-order valence-electron chi connectivity index (χ4n) is 3.58. The molecule has 0 amide bonds. The van der Waals surface area contributed by atoms with Gasteiger partial charge >= 0.3 is 0 Å². The van der Waals surface area contributed by atoms with Crippen molar-refractivity contribution >= 4 is 31.7 Å². The fourth-order valence-corrected chi connectivity index (χ4v) is 4.94. The summed E-state index contributed by atoms with van der Waals surface area (Å²) >= 11 is 0. The van der Waals surface area contributed by atoms with E-state index in [4.69, 9.17) is 4.74 Å². The normalized spacial score (nSPS) is 11.8. The van der Waals surface area contributed by atoms with Gasteiger partial charge in [-0.05, 0) is 54.1 Å². The molecule has 1 aromatic heterocycles. The van der Waals surface area contributed by atoms with Gasteiger partial charge in [0.15, 0.2) is 5.75 Å². The molecule has 0 atom stereocenters. The van der Waals surface area contributed by atoms with E-state index in [1.54, 1.807) is 36.5 Å². The second kappa shape index (κ2) is 7.04. The maximum absolute atomic E-state index is 13.3. The van der Waals surface area contributed by atoms with E-state index in [1.165, 1.54) is 3.97 Å². The smallest absolute Gasteiger partial charge is 0.268 e. The van der Waals surface area contributed by atoms with Gasteiger partial charge in [-0.15, -0.1) is 0 Å². The molecule has 0 N–H and O–H groups in total. The summed E-state index contributed by atoms with van der Waals surface area (Å²) in [6, 6.07) is 28.1. The Labute approximate surface area is 175 Å². The average molecular weight is 413 g/mol. The van der Waals surface area contributed by atoms with Gasteiger partial charge in [0.1, 0.15) is 5.75 Å². The van der Waals surface area contributed by atoms with E-state index in [2.05, 4.69) is 0 Å². The van der Waals surface area contributed by atoms with E-state index >= 15 is 0 Å². The lowest BCUT2D eigenvalue weighted by atomic mass is 10.1. The van der Waals surface area contributed by atoms with Crippen LogP contribution in [-0.4, -0.2) is 12.4 Å². The van der Waals surface area contributed by atoms with Crippen molar-refractivity contribution in [2.45, 2.75) is 11.8 Å². The summed E-state index contributed by atoms with van der Waals surface area (Å²) in [6.07, 6.45) is 1.55. The van der Waals surface area contributed by atoms with Crippen molar-refractivity contribution in [3.8, 4) is 11.5 Å². The van der Waals surface area contributed by atoms with Crippen molar-refractivity contribution in [1.29, 1.82) is 0 Å². The number of aryl methyl sites for hydroxylation is 1. The van der Waals surface area contributed by atoms with E-state index < -0.39 is 10.0 Å². The Bertz CT molecular complexity index is 1480. The van der Waals surface area contributed by atoms with E-state index in [1.807, 2.05) is 67.6 Å². The molecule has 0 aliphatic rings. The number of para-hydroxylation sites is 1. The van der Waals surface area contributed by atoms with Gasteiger partial charge in [0, 0.05) is 5.39 Å². The third-order valence-corrected chi connectivity index (χ3v) is 6.86. The van der Waals surface area contributed by atoms with Crippen LogP contribution >= 0.6 is 0 Å². The number of nitrogens with zero attached hydrogens (tertiary/aromatic N) is 1. The van der Waals surface area contributed by atoms with Crippen molar-refractivity contribution < 1.29 is 13.2 Å². The summed E-state index contributed by atoms with van der Waals surface area (Å²) in [5, 5.41) is 2.92. The Kier molecular flexibility index (Phi) is 4.33. The molecule has 1 heterocycles. The van der Waals surface area contributed by atoms with Gasteiger partial charge in [0.05, 0.1) is 16.6 Å². The van der Waals surface area contributed by atoms with Crippen LogP contribution in [0.3, 0.4) is 0 Å². The van der Waals surface area contributed by atoms with Crippen LogP contribution in [0.1, 0.15) is 5.56 Å². The summed E-state index contributed by atoms with van der Waals surface area (Å²) in [7, 11) is -3.75. The molecule has 5 rings (SSSR count). The maximum atomic E-state index is 13.3. The molecule has 0 radical (unpaired) electrons. The van der Waals surface area contributed by atoms with Crippen molar-refractivity contribution in [1.82, 2.24) is 3.97 Å². The van der Waals surface area contributed by atoms with Crippen molar-refractivity contribution in [2.24, 2.45) is 0 Å². The first-order valence-electron chi connectivity index (χ1n) is 9.61. The first kappa shape index (κ1) is 18.5. The molecule has 0 bridgehead atoms. The SMILES string of the molecule is Cc1ccc(S(=O)(=O)n2cc(Oc3ccc4ccccc4c3)c3ccccc32)cc1. The highest BCUT2D eigenvalue weighted by atomic mass is 32.2. The van der Waals surface area contributed by atoms with E-state index in [0.29, 0.717) is 17.0 Å². The minimum atomic E-state index is -3.75. The molecule has 0 unspecified atom stereocenters. The van der Waals surface area contributed by atoms with Crippen LogP contribution in [0, 0.1) is 6.92 Å². The Morgan fingerprint density at radius 2 is 1.47 bits per heavy atom. The van der Waals surface area contributed by atoms with Crippen LogP contribution in [0.5, 0.6) is 11.5 Å². The maximum Gasteiger partial charge on any atom is 0.268 e. The zero-order valence-electron chi connectivity index (χ0n) is 16.3. The van der Waals surface area contributed by atoms with E-state index in [9.17, 15) is 8.42 Å². The van der Waals surface area contributed by atoms with Gasteiger partial charge < -0.3 is 4.74 Å². The number of hydrogen-bond acceptors (Lipinski definition) is 3. The molecular weight excluding hydrogens is 394 g/mol. The summed E-state index contributed by atoms with van der Waals surface area (Å²) in [4.78, 5) is 0.242. The fraction of sp³-hybridized carbons (Fsp3) is 0.0400. The number of hydrogen-bond donors (Lipinski definition) is 0. The topological polar surface area (TPSA) is 48.3 Å². The highest BCUT2D eigenvalue weighted by molar-refractivity contribution is 7.90. The molecule has 0 saturated carbocycles.